The number of hydrogen-bond acceptors (Lipinski definition) is 4. The van der Waals surface area contributed by atoms with Crippen LogP contribution in [0.3, 0.4) is 0 Å². The molecule has 2 aromatic carbocycles. The van der Waals surface area contributed by atoms with Crippen LogP contribution >= 0.6 is 0 Å². The van der Waals surface area contributed by atoms with E-state index < -0.39 is 6.10 Å². The zero-order valence-corrected chi connectivity index (χ0v) is 12.3. The molecule has 0 saturated heterocycles. The maximum absolute atomic E-state index is 10.1. The van der Waals surface area contributed by atoms with Gasteiger partial charge in [0.15, 0.2) is 0 Å². The van der Waals surface area contributed by atoms with Gasteiger partial charge in [0, 0.05) is 6.04 Å². The van der Waals surface area contributed by atoms with Crippen molar-refractivity contribution < 1.29 is 14.6 Å². The molecule has 0 fully saturated rings. The predicted octanol–water partition coefficient (Wildman–Crippen LogP) is 2.83. The number of rotatable bonds is 6. The fourth-order valence-corrected chi connectivity index (χ4v) is 1.99. The van der Waals surface area contributed by atoms with Crippen molar-refractivity contribution >= 4 is 0 Å². The van der Waals surface area contributed by atoms with E-state index in [4.69, 9.17) is 15.2 Å². The monoisotopic (exact) mass is 287 g/mol. The summed E-state index contributed by atoms with van der Waals surface area (Å²) in [6, 6.07) is 14.9. The second-order valence-electron chi connectivity index (χ2n) is 4.96. The number of benzene rings is 2. The number of hydrogen-bond donors (Lipinski definition) is 2. The summed E-state index contributed by atoms with van der Waals surface area (Å²) in [6.45, 7) is 2.12. The Morgan fingerprint density at radius 1 is 1.05 bits per heavy atom. The van der Waals surface area contributed by atoms with Crippen LogP contribution in [0.2, 0.25) is 0 Å². The van der Waals surface area contributed by atoms with Crippen molar-refractivity contribution in [1.29, 1.82) is 0 Å². The van der Waals surface area contributed by atoms with Crippen molar-refractivity contribution in [3.05, 3.63) is 59.7 Å². The molecule has 2 aromatic rings. The number of ether oxygens (including phenoxy) is 2. The SMILES string of the molecule is COc1cccc(C(O)COc2ccc([C@@H](C)N)cc2)c1. The normalized spacial score (nSPS) is 13.5. The Labute approximate surface area is 125 Å². The summed E-state index contributed by atoms with van der Waals surface area (Å²) in [6.07, 6.45) is -0.701. The summed E-state index contributed by atoms with van der Waals surface area (Å²) in [5, 5.41) is 10.1. The lowest BCUT2D eigenvalue weighted by molar-refractivity contribution is 0.108. The van der Waals surface area contributed by atoms with E-state index in [1.807, 2.05) is 49.4 Å². The molecule has 112 valence electrons. The molecule has 0 aliphatic rings. The van der Waals surface area contributed by atoms with Crippen LogP contribution in [0.5, 0.6) is 11.5 Å². The number of aliphatic hydroxyl groups is 1. The van der Waals surface area contributed by atoms with Gasteiger partial charge in [0.25, 0.3) is 0 Å². The molecule has 1 unspecified atom stereocenters. The Morgan fingerprint density at radius 2 is 1.76 bits per heavy atom. The van der Waals surface area contributed by atoms with Crippen LogP contribution in [-0.4, -0.2) is 18.8 Å². The molecule has 4 nitrogen and oxygen atoms in total. The Balaban J connectivity index is 1.95. The number of methoxy groups -OCH3 is 1. The lowest BCUT2D eigenvalue weighted by Crippen LogP contribution is -2.10. The highest BCUT2D eigenvalue weighted by Crippen LogP contribution is 2.21. The average molecular weight is 287 g/mol. The molecule has 0 radical (unpaired) electrons. The van der Waals surface area contributed by atoms with Crippen molar-refractivity contribution in [3.63, 3.8) is 0 Å². The van der Waals surface area contributed by atoms with E-state index in [2.05, 4.69) is 0 Å². The Hall–Kier alpha value is -2.04. The Morgan fingerprint density at radius 3 is 2.38 bits per heavy atom. The Bertz CT molecular complexity index is 567. The molecule has 4 heteroatoms. The van der Waals surface area contributed by atoms with Gasteiger partial charge in [0.05, 0.1) is 7.11 Å². The molecule has 0 heterocycles. The van der Waals surface area contributed by atoms with E-state index in [1.165, 1.54) is 0 Å². The van der Waals surface area contributed by atoms with Crippen LogP contribution in [0.25, 0.3) is 0 Å². The number of aliphatic hydroxyl groups excluding tert-OH is 1. The van der Waals surface area contributed by atoms with Gasteiger partial charge in [0.1, 0.15) is 24.2 Å². The summed E-state index contributed by atoms with van der Waals surface area (Å²) in [5.74, 6) is 1.43. The molecule has 0 aliphatic carbocycles. The second kappa shape index (κ2) is 7.11. The quantitative estimate of drug-likeness (QED) is 0.857. The van der Waals surface area contributed by atoms with Crippen molar-refractivity contribution in [2.24, 2.45) is 5.73 Å². The summed E-state index contributed by atoms with van der Waals surface area (Å²) >= 11 is 0. The first-order valence-electron chi connectivity index (χ1n) is 6.90. The topological polar surface area (TPSA) is 64.7 Å². The second-order valence-corrected chi connectivity index (χ2v) is 4.96. The van der Waals surface area contributed by atoms with Gasteiger partial charge in [-0.2, -0.15) is 0 Å². The van der Waals surface area contributed by atoms with Crippen LogP contribution in [0.4, 0.5) is 0 Å². The molecule has 0 amide bonds. The van der Waals surface area contributed by atoms with Crippen molar-refractivity contribution in [3.8, 4) is 11.5 Å². The van der Waals surface area contributed by atoms with Crippen LogP contribution in [0, 0.1) is 0 Å². The van der Waals surface area contributed by atoms with Gasteiger partial charge < -0.3 is 20.3 Å². The molecule has 3 N–H and O–H groups in total. The molecule has 2 rings (SSSR count). The smallest absolute Gasteiger partial charge is 0.119 e. The summed E-state index contributed by atoms with van der Waals surface area (Å²) in [5.41, 5.74) is 7.61. The van der Waals surface area contributed by atoms with Gasteiger partial charge in [-0.05, 0) is 42.3 Å². The number of nitrogens with two attached hydrogens (primary N) is 1. The first-order chi connectivity index (χ1) is 10.1. The molecule has 0 spiro atoms. The average Bonchev–Trinajstić information content (AvgIpc) is 2.53. The minimum Gasteiger partial charge on any atom is -0.497 e. The molecular weight excluding hydrogens is 266 g/mol. The minimum absolute atomic E-state index is 0.00132. The fourth-order valence-electron chi connectivity index (χ4n) is 1.99. The van der Waals surface area contributed by atoms with Gasteiger partial charge >= 0.3 is 0 Å². The molecule has 0 aromatic heterocycles. The van der Waals surface area contributed by atoms with Crippen LogP contribution in [-0.2, 0) is 0 Å². The van der Waals surface area contributed by atoms with E-state index in [0.29, 0.717) is 11.5 Å². The lowest BCUT2D eigenvalue weighted by atomic mass is 10.1. The molecular formula is C17H21NO3. The zero-order valence-electron chi connectivity index (χ0n) is 12.3. The summed E-state index contributed by atoms with van der Waals surface area (Å²) in [7, 11) is 1.60. The maximum Gasteiger partial charge on any atom is 0.119 e. The largest absolute Gasteiger partial charge is 0.497 e. The highest BCUT2D eigenvalue weighted by Gasteiger charge is 2.09. The molecule has 0 bridgehead atoms. The van der Waals surface area contributed by atoms with E-state index >= 15 is 0 Å². The van der Waals surface area contributed by atoms with Gasteiger partial charge in [-0.1, -0.05) is 24.3 Å². The molecule has 21 heavy (non-hydrogen) atoms. The standard InChI is InChI=1S/C17H21NO3/c1-12(18)13-6-8-15(9-7-13)21-11-17(19)14-4-3-5-16(10-14)20-2/h3-10,12,17,19H,11,18H2,1-2H3/t12-,17?/m1/s1. The van der Waals surface area contributed by atoms with Crippen LogP contribution < -0.4 is 15.2 Å². The molecule has 0 saturated carbocycles. The highest BCUT2D eigenvalue weighted by atomic mass is 16.5. The van der Waals surface area contributed by atoms with Crippen LogP contribution in [0.15, 0.2) is 48.5 Å². The highest BCUT2D eigenvalue weighted by molar-refractivity contribution is 5.31. The fraction of sp³-hybridized carbons (Fsp3) is 0.294. The first kappa shape index (κ1) is 15.4. The van der Waals surface area contributed by atoms with Crippen LogP contribution in [0.1, 0.15) is 30.2 Å². The minimum atomic E-state index is -0.701. The van der Waals surface area contributed by atoms with E-state index in [0.717, 1.165) is 11.1 Å². The molecule has 0 aliphatic heterocycles. The third-order valence-electron chi connectivity index (χ3n) is 3.29. The predicted molar refractivity (Wildman–Crippen MR) is 82.5 cm³/mol. The zero-order chi connectivity index (χ0) is 15.2. The van der Waals surface area contributed by atoms with Crippen molar-refractivity contribution in [2.75, 3.05) is 13.7 Å². The lowest BCUT2D eigenvalue weighted by Gasteiger charge is -2.14. The van der Waals surface area contributed by atoms with Gasteiger partial charge in [0.2, 0.25) is 0 Å². The first-order valence-corrected chi connectivity index (χ1v) is 6.90. The van der Waals surface area contributed by atoms with E-state index in [1.54, 1.807) is 13.2 Å². The van der Waals surface area contributed by atoms with Crippen molar-refractivity contribution in [2.45, 2.75) is 19.1 Å². The van der Waals surface area contributed by atoms with Gasteiger partial charge in [-0.25, -0.2) is 0 Å². The maximum atomic E-state index is 10.1. The van der Waals surface area contributed by atoms with Crippen molar-refractivity contribution in [1.82, 2.24) is 0 Å². The van der Waals surface area contributed by atoms with Gasteiger partial charge in [-0.3, -0.25) is 0 Å². The van der Waals surface area contributed by atoms with E-state index in [9.17, 15) is 5.11 Å². The summed E-state index contributed by atoms with van der Waals surface area (Å²) in [4.78, 5) is 0. The molecule has 2 atom stereocenters. The van der Waals surface area contributed by atoms with Gasteiger partial charge in [-0.15, -0.1) is 0 Å². The summed E-state index contributed by atoms with van der Waals surface area (Å²) < 4.78 is 10.7. The third kappa shape index (κ3) is 4.21. The third-order valence-corrected chi connectivity index (χ3v) is 3.29. The Kier molecular flexibility index (Phi) is 5.20. The van der Waals surface area contributed by atoms with E-state index in [-0.39, 0.29) is 12.6 Å².